The first-order valence-electron chi connectivity index (χ1n) is 8.32. The van der Waals surface area contributed by atoms with Gasteiger partial charge < -0.3 is 15.0 Å². The lowest BCUT2D eigenvalue weighted by Gasteiger charge is -2.19. The standard InChI is InChI=1S/C18H17F3N4O3/c1-11-16(26)25(13-3-5-14(6-4-13)28-18(19,20)21)17(27)24(11)10-12-7-8-23-15(9-12)22-2/h3-9,11H,10H2,1-2H3,(H,22,23). The lowest BCUT2D eigenvalue weighted by molar-refractivity contribution is -0.274. The predicted molar refractivity (Wildman–Crippen MR) is 94.8 cm³/mol. The van der Waals surface area contributed by atoms with Crippen molar-refractivity contribution in [3.05, 3.63) is 48.2 Å². The van der Waals surface area contributed by atoms with E-state index in [-0.39, 0.29) is 12.2 Å². The number of aromatic nitrogens is 1. The lowest BCUT2D eigenvalue weighted by atomic mass is 10.2. The first kappa shape index (κ1) is 19.5. The van der Waals surface area contributed by atoms with Gasteiger partial charge in [0.05, 0.1) is 5.69 Å². The fourth-order valence-electron chi connectivity index (χ4n) is 2.85. The van der Waals surface area contributed by atoms with Crippen molar-refractivity contribution in [2.45, 2.75) is 25.9 Å². The molecule has 0 bridgehead atoms. The Morgan fingerprint density at radius 1 is 1.18 bits per heavy atom. The van der Waals surface area contributed by atoms with Crippen LogP contribution in [-0.4, -0.2) is 41.3 Å². The number of carbonyl (C=O) groups excluding carboxylic acids is 2. The SMILES string of the molecule is CNc1cc(CN2C(=O)N(c3ccc(OC(F)(F)F)cc3)C(=O)C2C)ccn1. The number of urea groups is 1. The van der Waals surface area contributed by atoms with E-state index in [1.165, 1.54) is 17.0 Å². The zero-order chi connectivity index (χ0) is 20.5. The van der Waals surface area contributed by atoms with Crippen molar-refractivity contribution in [1.82, 2.24) is 9.88 Å². The van der Waals surface area contributed by atoms with Gasteiger partial charge in [-0.3, -0.25) is 4.79 Å². The number of benzene rings is 1. The molecule has 7 nitrogen and oxygen atoms in total. The maximum Gasteiger partial charge on any atom is 0.573 e. The molecule has 10 heteroatoms. The number of alkyl halides is 3. The van der Waals surface area contributed by atoms with Gasteiger partial charge in [-0.2, -0.15) is 0 Å². The van der Waals surface area contributed by atoms with Gasteiger partial charge in [-0.25, -0.2) is 14.7 Å². The number of amides is 3. The highest BCUT2D eigenvalue weighted by atomic mass is 19.4. The van der Waals surface area contributed by atoms with Crippen molar-refractivity contribution in [3.8, 4) is 5.75 Å². The Morgan fingerprint density at radius 2 is 1.86 bits per heavy atom. The van der Waals surface area contributed by atoms with Crippen LogP contribution in [0.2, 0.25) is 0 Å². The molecule has 28 heavy (non-hydrogen) atoms. The van der Waals surface area contributed by atoms with E-state index in [4.69, 9.17) is 0 Å². The topological polar surface area (TPSA) is 74.8 Å². The van der Waals surface area contributed by atoms with Crippen LogP contribution >= 0.6 is 0 Å². The zero-order valence-corrected chi connectivity index (χ0v) is 15.0. The molecular formula is C18H17F3N4O3. The molecule has 2 heterocycles. The van der Waals surface area contributed by atoms with Crippen molar-refractivity contribution in [2.75, 3.05) is 17.3 Å². The first-order valence-corrected chi connectivity index (χ1v) is 8.32. The van der Waals surface area contributed by atoms with Crippen molar-refractivity contribution in [2.24, 2.45) is 0 Å². The summed E-state index contributed by atoms with van der Waals surface area (Å²) < 4.78 is 40.6. The van der Waals surface area contributed by atoms with Gasteiger partial charge in [-0.15, -0.1) is 13.2 Å². The molecule has 2 aromatic rings. The molecule has 1 aromatic carbocycles. The average Bonchev–Trinajstić information content (AvgIpc) is 2.85. The van der Waals surface area contributed by atoms with Gasteiger partial charge in [0.25, 0.3) is 5.91 Å². The Kier molecular flexibility index (Phi) is 5.12. The lowest BCUT2D eigenvalue weighted by Crippen LogP contribution is -2.33. The predicted octanol–water partition coefficient (Wildman–Crippen LogP) is 3.38. The highest BCUT2D eigenvalue weighted by Crippen LogP contribution is 2.30. The average molecular weight is 394 g/mol. The molecule has 0 radical (unpaired) electrons. The van der Waals surface area contributed by atoms with Crippen LogP contribution in [0.1, 0.15) is 12.5 Å². The number of pyridine rings is 1. The zero-order valence-electron chi connectivity index (χ0n) is 15.0. The molecule has 1 atom stereocenters. The number of imide groups is 1. The summed E-state index contributed by atoms with van der Waals surface area (Å²) in [6.07, 6.45) is -3.23. The third kappa shape index (κ3) is 4.00. The summed E-state index contributed by atoms with van der Waals surface area (Å²) in [6.45, 7) is 1.79. The van der Waals surface area contributed by atoms with E-state index in [0.717, 1.165) is 22.6 Å². The van der Waals surface area contributed by atoms with E-state index in [1.54, 1.807) is 32.3 Å². The van der Waals surface area contributed by atoms with Gasteiger partial charge in [-0.05, 0) is 48.9 Å². The number of rotatable bonds is 5. The van der Waals surface area contributed by atoms with Crippen LogP contribution in [0.5, 0.6) is 5.75 Å². The van der Waals surface area contributed by atoms with Crippen molar-refractivity contribution < 1.29 is 27.5 Å². The molecule has 1 aliphatic heterocycles. The van der Waals surface area contributed by atoms with Gasteiger partial charge in [-0.1, -0.05) is 0 Å². The highest BCUT2D eigenvalue weighted by molar-refractivity contribution is 6.21. The number of hydrogen-bond acceptors (Lipinski definition) is 5. The van der Waals surface area contributed by atoms with Crippen molar-refractivity contribution in [3.63, 3.8) is 0 Å². The second-order valence-corrected chi connectivity index (χ2v) is 6.10. The van der Waals surface area contributed by atoms with Crippen LogP contribution in [0.25, 0.3) is 0 Å². The Bertz CT molecular complexity index is 886. The Labute approximate surface area is 158 Å². The third-order valence-corrected chi connectivity index (χ3v) is 4.24. The minimum atomic E-state index is -4.82. The summed E-state index contributed by atoms with van der Waals surface area (Å²) in [4.78, 5) is 31.8. The summed E-state index contributed by atoms with van der Waals surface area (Å²) in [5.74, 6) is -0.269. The number of anilines is 2. The number of carbonyl (C=O) groups is 2. The van der Waals surface area contributed by atoms with Crippen molar-refractivity contribution in [1.29, 1.82) is 0 Å². The minimum Gasteiger partial charge on any atom is -0.406 e. The molecule has 3 amide bonds. The second-order valence-electron chi connectivity index (χ2n) is 6.10. The second kappa shape index (κ2) is 7.37. The van der Waals surface area contributed by atoms with Crippen LogP contribution in [0.15, 0.2) is 42.6 Å². The third-order valence-electron chi connectivity index (χ3n) is 4.24. The molecule has 1 aliphatic rings. The minimum absolute atomic E-state index is 0.171. The highest BCUT2D eigenvalue weighted by Gasteiger charge is 2.43. The van der Waals surface area contributed by atoms with E-state index < -0.39 is 30.1 Å². The van der Waals surface area contributed by atoms with Crippen LogP contribution in [0.4, 0.5) is 29.5 Å². The summed E-state index contributed by atoms with van der Waals surface area (Å²) in [5, 5.41) is 2.90. The molecule has 1 fully saturated rings. The largest absolute Gasteiger partial charge is 0.573 e. The molecule has 1 N–H and O–H groups in total. The molecule has 0 spiro atoms. The van der Waals surface area contributed by atoms with Gasteiger partial charge in [0, 0.05) is 19.8 Å². The molecule has 3 rings (SSSR count). The van der Waals surface area contributed by atoms with Crippen LogP contribution in [0.3, 0.4) is 0 Å². The Hall–Kier alpha value is -3.30. The fraction of sp³-hybridized carbons (Fsp3) is 0.278. The Morgan fingerprint density at radius 3 is 2.46 bits per heavy atom. The smallest absolute Gasteiger partial charge is 0.406 e. The fourth-order valence-corrected chi connectivity index (χ4v) is 2.85. The first-order chi connectivity index (χ1) is 13.2. The summed E-state index contributed by atoms with van der Waals surface area (Å²) in [5.41, 5.74) is 0.952. The van der Waals surface area contributed by atoms with E-state index in [0.29, 0.717) is 5.82 Å². The van der Waals surface area contributed by atoms with Crippen LogP contribution in [0, 0.1) is 0 Å². The number of nitrogens with one attached hydrogen (secondary N) is 1. The van der Waals surface area contributed by atoms with E-state index >= 15 is 0 Å². The Balaban J connectivity index is 1.80. The molecular weight excluding hydrogens is 377 g/mol. The summed E-state index contributed by atoms with van der Waals surface area (Å²) in [7, 11) is 1.72. The number of ether oxygens (including phenoxy) is 1. The van der Waals surface area contributed by atoms with Crippen molar-refractivity contribution >= 4 is 23.4 Å². The number of nitrogens with zero attached hydrogens (tertiary/aromatic N) is 3. The molecule has 0 aliphatic carbocycles. The molecule has 0 saturated carbocycles. The maximum atomic E-state index is 12.8. The summed E-state index contributed by atoms with van der Waals surface area (Å²) >= 11 is 0. The number of halogens is 3. The maximum absolute atomic E-state index is 12.8. The molecule has 148 valence electrons. The van der Waals surface area contributed by atoms with E-state index in [1.807, 2.05) is 0 Å². The normalized spacial score (nSPS) is 17.2. The van der Waals surface area contributed by atoms with Gasteiger partial charge >= 0.3 is 12.4 Å². The van der Waals surface area contributed by atoms with E-state index in [2.05, 4.69) is 15.0 Å². The van der Waals surface area contributed by atoms with Gasteiger partial charge in [0.1, 0.15) is 17.6 Å². The van der Waals surface area contributed by atoms with Gasteiger partial charge in [0.2, 0.25) is 0 Å². The number of hydrogen-bond donors (Lipinski definition) is 1. The quantitative estimate of drug-likeness (QED) is 0.787. The van der Waals surface area contributed by atoms with Gasteiger partial charge in [0.15, 0.2) is 0 Å². The molecule has 1 saturated heterocycles. The van der Waals surface area contributed by atoms with E-state index in [9.17, 15) is 22.8 Å². The summed E-state index contributed by atoms with van der Waals surface area (Å²) in [6, 6.07) is 6.80. The van der Waals surface area contributed by atoms with Crippen LogP contribution in [-0.2, 0) is 11.3 Å². The molecule has 1 aromatic heterocycles. The monoisotopic (exact) mass is 394 g/mol. The molecule has 1 unspecified atom stereocenters. The van der Waals surface area contributed by atoms with Crippen LogP contribution < -0.4 is 15.0 Å².